The van der Waals surface area contributed by atoms with Gasteiger partial charge in [-0.15, -0.1) is 0 Å². The number of hydrogen-bond donors (Lipinski definition) is 1. The lowest BCUT2D eigenvalue weighted by Gasteiger charge is -2.22. The first kappa shape index (κ1) is 12.8. The average molecular weight is 223 g/mol. The Morgan fingerprint density at radius 1 is 1.19 bits per heavy atom. The summed E-state index contributed by atoms with van der Waals surface area (Å²) in [5.41, 5.74) is 8.09. The highest BCUT2D eigenvalue weighted by Crippen LogP contribution is 2.34. The van der Waals surface area contributed by atoms with Gasteiger partial charge < -0.3 is 15.2 Å². The summed E-state index contributed by atoms with van der Waals surface area (Å²) < 4.78 is 10.7. The summed E-state index contributed by atoms with van der Waals surface area (Å²) in [6.45, 7) is 6.07. The van der Waals surface area contributed by atoms with E-state index in [4.69, 9.17) is 15.2 Å². The van der Waals surface area contributed by atoms with Gasteiger partial charge >= 0.3 is 0 Å². The van der Waals surface area contributed by atoms with Crippen molar-refractivity contribution in [2.45, 2.75) is 32.7 Å². The molecule has 0 saturated carbocycles. The molecule has 3 nitrogen and oxygen atoms in total. The van der Waals surface area contributed by atoms with Crippen LogP contribution in [0.5, 0.6) is 11.5 Å². The van der Waals surface area contributed by atoms with Gasteiger partial charge in [-0.05, 0) is 38.8 Å². The van der Waals surface area contributed by atoms with Crippen LogP contribution in [0.2, 0.25) is 0 Å². The van der Waals surface area contributed by atoms with Gasteiger partial charge in [0.15, 0.2) is 11.5 Å². The van der Waals surface area contributed by atoms with E-state index in [1.165, 1.54) is 5.56 Å². The number of ether oxygens (including phenoxy) is 2. The fourth-order valence-electron chi connectivity index (χ4n) is 1.76. The van der Waals surface area contributed by atoms with E-state index in [-0.39, 0.29) is 5.54 Å². The van der Waals surface area contributed by atoms with Gasteiger partial charge in [0.05, 0.1) is 14.2 Å². The molecule has 0 radical (unpaired) electrons. The van der Waals surface area contributed by atoms with Crippen LogP contribution in [0.15, 0.2) is 12.1 Å². The maximum atomic E-state index is 6.06. The Hall–Kier alpha value is -1.22. The molecule has 0 aliphatic carbocycles. The molecule has 1 aromatic carbocycles. The molecule has 1 aromatic rings. The number of methoxy groups -OCH3 is 2. The smallest absolute Gasteiger partial charge is 0.164 e. The predicted octanol–water partition coefficient (Wildman–Crippen LogP) is 2.29. The van der Waals surface area contributed by atoms with Crippen LogP contribution in [0.25, 0.3) is 0 Å². The van der Waals surface area contributed by atoms with Gasteiger partial charge in [0.1, 0.15) is 0 Å². The minimum Gasteiger partial charge on any atom is -0.493 e. The number of benzene rings is 1. The molecular weight excluding hydrogens is 202 g/mol. The van der Waals surface area contributed by atoms with Gasteiger partial charge in [0, 0.05) is 11.1 Å². The molecule has 0 atom stereocenters. The molecule has 3 heteroatoms. The molecule has 0 amide bonds. The van der Waals surface area contributed by atoms with Crippen LogP contribution in [0.1, 0.15) is 25.0 Å². The van der Waals surface area contributed by atoms with Crippen molar-refractivity contribution in [1.82, 2.24) is 0 Å². The predicted molar refractivity (Wildman–Crippen MR) is 66.3 cm³/mol. The summed E-state index contributed by atoms with van der Waals surface area (Å²) in [6, 6.07) is 3.95. The van der Waals surface area contributed by atoms with Gasteiger partial charge in [-0.1, -0.05) is 6.07 Å². The van der Waals surface area contributed by atoms with E-state index >= 15 is 0 Å². The molecule has 1 rings (SSSR count). The second-order valence-corrected chi connectivity index (χ2v) is 4.76. The van der Waals surface area contributed by atoms with Crippen molar-refractivity contribution < 1.29 is 9.47 Å². The topological polar surface area (TPSA) is 44.5 Å². The summed E-state index contributed by atoms with van der Waals surface area (Å²) >= 11 is 0. The maximum Gasteiger partial charge on any atom is 0.164 e. The second kappa shape index (κ2) is 4.74. The van der Waals surface area contributed by atoms with E-state index in [1.807, 2.05) is 26.0 Å². The Balaban J connectivity index is 3.23. The zero-order valence-electron chi connectivity index (χ0n) is 10.8. The molecule has 0 bridgehead atoms. The van der Waals surface area contributed by atoms with Crippen LogP contribution >= 0.6 is 0 Å². The van der Waals surface area contributed by atoms with Crippen molar-refractivity contribution in [2.75, 3.05) is 14.2 Å². The molecule has 0 fully saturated rings. The molecule has 0 unspecified atom stereocenters. The molecular formula is C13H21NO2. The summed E-state index contributed by atoms with van der Waals surface area (Å²) in [5.74, 6) is 1.55. The summed E-state index contributed by atoms with van der Waals surface area (Å²) in [6.07, 6.45) is 0.763. The lowest BCUT2D eigenvalue weighted by Crippen LogP contribution is -2.34. The minimum atomic E-state index is -0.260. The Morgan fingerprint density at radius 2 is 1.81 bits per heavy atom. The Kier molecular flexibility index (Phi) is 3.81. The van der Waals surface area contributed by atoms with Crippen LogP contribution in [-0.4, -0.2) is 19.8 Å². The Morgan fingerprint density at radius 3 is 2.25 bits per heavy atom. The largest absolute Gasteiger partial charge is 0.493 e. The third kappa shape index (κ3) is 2.89. The fourth-order valence-corrected chi connectivity index (χ4v) is 1.76. The lowest BCUT2D eigenvalue weighted by molar-refractivity contribution is 0.348. The molecule has 0 aromatic heterocycles. The number of nitrogens with two attached hydrogens (primary N) is 1. The van der Waals surface area contributed by atoms with E-state index in [0.717, 1.165) is 23.5 Å². The standard InChI is InChI=1S/C13H21NO2/c1-9-6-7-11(15-4)12(16-5)10(9)8-13(2,3)14/h6-7H,8,14H2,1-5H3. The van der Waals surface area contributed by atoms with E-state index in [0.29, 0.717) is 0 Å². The molecule has 0 aliphatic rings. The van der Waals surface area contributed by atoms with Crippen molar-refractivity contribution in [2.24, 2.45) is 5.73 Å². The first-order valence-electron chi connectivity index (χ1n) is 5.38. The molecule has 0 aliphatic heterocycles. The minimum absolute atomic E-state index is 0.260. The molecule has 0 heterocycles. The first-order valence-corrected chi connectivity index (χ1v) is 5.38. The highest BCUT2D eigenvalue weighted by atomic mass is 16.5. The van der Waals surface area contributed by atoms with E-state index < -0.39 is 0 Å². The Bertz CT molecular complexity index is 367. The third-order valence-corrected chi connectivity index (χ3v) is 2.52. The van der Waals surface area contributed by atoms with E-state index in [1.54, 1.807) is 14.2 Å². The number of aryl methyl sites for hydroxylation is 1. The average Bonchev–Trinajstić information content (AvgIpc) is 2.19. The summed E-state index contributed by atoms with van der Waals surface area (Å²) in [4.78, 5) is 0. The highest BCUT2D eigenvalue weighted by molar-refractivity contribution is 5.51. The van der Waals surface area contributed by atoms with Gasteiger partial charge in [-0.3, -0.25) is 0 Å². The van der Waals surface area contributed by atoms with Crippen LogP contribution in [0, 0.1) is 6.92 Å². The van der Waals surface area contributed by atoms with Gasteiger partial charge in [0.25, 0.3) is 0 Å². The van der Waals surface area contributed by atoms with Gasteiger partial charge in [-0.2, -0.15) is 0 Å². The molecule has 2 N–H and O–H groups in total. The molecule has 0 spiro atoms. The molecule has 90 valence electrons. The summed E-state index contributed by atoms with van der Waals surface area (Å²) in [7, 11) is 3.30. The Labute approximate surface area is 97.6 Å². The van der Waals surface area contributed by atoms with Crippen molar-refractivity contribution in [3.05, 3.63) is 23.3 Å². The van der Waals surface area contributed by atoms with Crippen LogP contribution < -0.4 is 15.2 Å². The molecule has 16 heavy (non-hydrogen) atoms. The zero-order valence-corrected chi connectivity index (χ0v) is 10.8. The van der Waals surface area contributed by atoms with Crippen molar-refractivity contribution in [3.8, 4) is 11.5 Å². The van der Waals surface area contributed by atoms with Crippen molar-refractivity contribution in [3.63, 3.8) is 0 Å². The number of hydrogen-bond acceptors (Lipinski definition) is 3. The van der Waals surface area contributed by atoms with E-state index in [2.05, 4.69) is 6.92 Å². The van der Waals surface area contributed by atoms with Crippen molar-refractivity contribution in [1.29, 1.82) is 0 Å². The normalized spacial score (nSPS) is 11.4. The SMILES string of the molecule is COc1ccc(C)c(CC(C)(C)N)c1OC. The monoisotopic (exact) mass is 223 g/mol. The van der Waals surface area contributed by atoms with E-state index in [9.17, 15) is 0 Å². The maximum absolute atomic E-state index is 6.06. The second-order valence-electron chi connectivity index (χ2n) is 4.76. The quantitative estimate of drug-likeness (QED) is 0.851. The molecule has 0 saturated heterocycles. The highest BCUT2D eigenvalue weighted by Gasteiger charge is 2.19. The number of rotatable bonds is 4. The van der Waals surface area contributed by atoms with Gasteiger partial charge in [-0.25, -0.2) is 0 Å². The third-order valence-electron chi connectivity index (χ3n) is 2.52. The zero-order chi connectivity index (χ0) is 12.3. The van der Waals surface area contributed by atoms with Crippen LogP contribution in [-0.2, 0) is 6.42 Å². The summed E-state index contributed by atoms with van der Waals surface area (Å²) in [5, 5.41) is 0. The van der Waals surface area contributed by atoms with Crippen LogP contribution in [0.3, 0.4) is 0 Å². The van der Waals surface area contributed by atoms with Crippen LogP contribution in [0.4, 0.5) is 0 Å². The first-order chi connectivity index (χ1) is 7.39. The van der Waals surface area contributed by atoms with Gasteiger partial charge in [0.2, 0.25) is 0 Å². The fraction of sp³-hybridized carbons (Fsp3) is 0.538. The lowest BCUT2D eigenvalue weighted by atomic mass is 9.92. The van der Waals surface area contributed by atoms with Crippen molar-refractivity contribution >= 4 is 0 Å².